The summed E-state index contributed by atoms with van der Waals surface area (Å²) in [6.45, 7) is 0.481. The lowest BCUT2D eigenvalue weighted by Crippen LogP contribution is -2.35. The molecule has 0 heterocycles. The van der Waals surface area contributed by atoms with E-state index in [1.54, 1.807) is 0 Å². The molecule has 2 rings (SSSR count). The molecule has 1 amide bonds. The van der Waals surface area contributed by atoms with Crippen LogP contribution in [-0.2, 0) is 0 Å². The van der Waals surface area contributed by atoms with Crippen molar-refractivity contribution in [3.63, 3.8) is 0 Å². The Morgan fingerprint density at radius 1 is 1.33 bits per heavy atom. The van der Waals surface area contributed by atoms with Gasteiger partial charge in [-0.25, -0.2) is 0 Å². The molecule has 21 heavy (non-hydrogen) atoms. The minimum absolute atomic E-state index is 0.00791. The monoisotopic (exact) mass is 290 g/mol. The minimum atomic E-state index is 0.00791. The van der Waals surface area contributed by atoms with Crippen LogP contribution in [0.2, 0.25) is 0 Å². The summed E-state index contributed by atoms with van der Waals surface area (Å²) in [5, 5.41) is 11.5. The van der Waals surface area contributed by atoms with Gasteiger partial charge in [-0.05, 0) is 37.1 Å². The third-order valence-corrected chi connectivity index (χ3v) is 3.62. The average Bonchev–Trinajstić information content (AvgIpc) is 3.31. The maximum absolute atomic E-state index is 12.6. The fourth-order valence-electron chi connectivity index (χ4n) is 2.19. The van der Waals surface area contributed by atoms with Gasteiger partial charge in [0.1, 0.15) is 5.84 Å². The van der Waals surface area contributed by atoms with Crippen molar-refractivity contribution in [2.45, 2.75) is 25.3 Å². The Labute approximate surface area is 124 Å². The number of anilines is 1. The zero-order valence-corrected chi connectivity index (χ0v) is 12.5. The topological polar surface area (TPSA) is 82.2 Å². The minimum Gasteiger partial charge on any atom is -0.409 e. The molecule has 0 bridgehead atoms. The molecule has 0 aliphatic heterocycles. The lowest BCUT2D eigenvalue weighted by atomic mass is 10.1. The van der Waals surface area contributed by atoms with Crippen LogP contribution in [0.5, 0.6) is 0 Å². The van der Waals surface area contributed by atoms with Gasteiger partial charge < -0.3 is 20.7 Å². The van der Waals surface area contributed by atoms with Gasteiger partial charge in [-0.3, -0.25) is 4.79 Å². The van der Waals surface area contributed by atoms with Crippen molar-refractivity contribution >= 4 is 17.4 Å². The molecule has 1 aromatic carbocycles. The van der Waals surface area contributed by atoms with Crippen LogP contribution in [0, 0.1) is 0 Å². The van der Waals surface area contributed by atoms with E-state index in [-0.39, 0.29) is 17.8 Å². The number of benzene rings is 1. The first-order chi connectivity index (χ1) is 10.0. The highest BCUT2D eigenvalue weighted by Gasteiger charge is 2.32. The largest absolute Gasteiger partial charge is 0.409 e. The number of hydrogen-bond acceptors (Lipinski definition) is 4. The summed E-state index contributed by atoms with van der Waals surface area (Å²) in [6.07, 6.45) is 2.43. The number of amides is 1. The summed E-state index contributed by atoms with van der Waals surface area (Å²) in [6, 6.07) is 7.84. The highest BCUT2D eigenvalue weighted by atomic mass is 16.4. The number of nitrogens with zero attached hydrogens (tertiary/aromatic N) is 3. The zero-order chi connectivity index (χ0) is 15.4. The molecule has 1 fully saturated rings. The summed E-state index contributed by atoms with van der Waals surface area (Å²) in [4.78, 5) is 16.4. The fourth-order valence-corrected chi connectivity index (χ4v) is 2.19. The Morgan fingerprint density at radius 3 is 2.43 bits per heavy atom. The second kappa shape index (κ2) is 6.47. The highest BCUT2D eigenvalue weighted by Crippen LogP contribution is 2.28. The van der Waals surface area contributed by atoms with Gasteiger partial charge in [0.15, 0.2) is 0 Å². The van der Waals surface area contributed by atoms with Crippen molar-refractivity contribution in [3.8, 4) is 0 Å². The second-order valence-electron chi connectivity index (χ2n) is 5.51. The smallest absolute Gasteiger partial charge is 0.254 e. The Balaban J connectivity index is 2.07. The van der Waals surface area contributed by atoms with Gasteiger partial charge in [-0.2, -0.15) is 0 Å². The predicted octanol–water partition coefficient (Wildman–Crippen LogP) is 1.49. The molecular weight excluding hydrogens is 268 g/mol. The van der Waals surface area contributed by atoms with Crippen LogP contribution < -0.4 is 10.6 Å². The van der Waals surface area contributed by atoms with Gasteiger partial charge in [-0.15, -0.1) is 0 Å². The highest BCUT2D eigenvalue weighted by molar-refractivity contribution is 5.95. The van der Waals surface area contributed by atoms with Crippen molar-refractivity contribution in [2.24, 2.45) is 10.9 Å². The third-order valence-electron chi connectivity index (χ3n) is 3.62. The molecule has 1 aliphatic carbocycles. The summed E-state index contributed by atoms with van der Waals surface area (Å²) in [5.74, 6) is 0.157. The average molecular weight is 290 g/mol. The van der Waals surface area contributed by atoms with Gasteiger partial charge in [0.25, 0.3) is 5.91 Å². The number of amidine groups is 1. The molecule has 114 valence electrons. The molecule has 0 unspecified atom stereocenters. The molecule has 3 N–H and O–H groups in total. The summed E-state index contributed by atoms with van der Waals surface area (Å²) >= 11 is 0. The van der Waals surface area contributed by atoms with E-state index < -0.39 is 0 Å². The number of nitrogens with two attached hydrogens (primary N) is 1. The first-order valence-electron chi connectivity index (χ1n) is 7.07. The van der Waals surface area contributed by atoms with Crippen LogP contribution in [0.3, 0.4) is 0 Å². The van der Waals surface area contributed by atoms with E-state index in [1.165, 1.54) is 0 Å². The molecule has 0 radical (unpaired) electrons. The van der Waals surface area contributed by atoms with Gasteiger partial charge in [0.2, 0.25) is 0 Å². The number of hydrogen-bond donors (Lipinski definition) is 2. The number of carbonyl (C=O) groups excluding carboxylic acids is 1. The molecule has 0 aromatic heterocycles. The molecule has 6 heteroatoms. The molecular formula is C15H22N4O2. The molecule has 0 spiro atoms. The van der Waals surface area contributed by atoms with Crippen LogP contribution in [0.15, 0.2) is 29.4 Å². The van der Waals surface area contributed by atoms with E-state index in [4.69, 9.17) is 10.9 Å². The lowest BCUT2D eigenvalue weighted by Gasteiger charge is -2.22. The predicted molar refractivity (Wildman–Crippen MR) is 82.9 cm³/mol. The Morgan fingerprint density at radius 2 is 1.95 bits per heavy atom. The normalized spacial score (nSPS) is 14.9. The Kier molecular flexibility index (Phi) is 4.67. The first-order valence-corrected chi connectivity index (χ1v) is 7.07. The van der Waals surface area contributed by atoms with Crippen LogP contribution in [-0.4, -0.2) is 48.5 Å². The second-order valence-corrected chi connectivity index (χ2v) is 5.51. The van der Waals surface area contributed by atoms with Crippen molar-refractivity contribution in [3.05, 3.63) is 29.8 Å². The summed E-state index contributed by atoms with van der Waals surface area (Å²) < 4.78 is 0. The maximum Gasteiger partial charge on any atom is 0.254 e. The Hall–Kier alpha value is -2.24. The Bertz CT molecular complexity index is 521. The third kappa shape index (κ3) is 3.87. The van der Waals surface area contributed by atoms with Gasteiger partial charge in [0, 0.05) is 44.4 Å². The standard InChI is InChI=1S/C15H22N4O2/c1-18(2)12-5-3-11(4-6-12)15(20)19(13-7-8-13)10-9-14(16)17-21/h3-6,13,21H,7-10H2,1-2H3,(H2,16,17). The summed E-state index contributed by atoms with van der Waals surface area (Å²) in [7, 11) is 3.93. The maximum atomic E-state index is 12.6. The van der Waals surface area contributed by atoms with Crippen molar-refractivity contribution < 1.29 is 10.0 Å². The van der Waals surface area contributed by atoms with Crippen LogP contribution in [0.1, 0.15) is 29.6 Å². The molecule has 1 aromatic rings. The van der Waals surface area contributed by atoms with Crippen molar-refractivity contribution in [2.75, 3.05) is 25.5 Å². The SMILES string of the molecule is CN(C)c1ccc(C(=O)N(CCC(N)=NO)C2CC2)cc1. The van der Waals surface area contributed by atoms with E-state index in [0.29, 0.717) is 18.5 Å². The summed E-state index contributed by atoms with van der Waals surface area (Å²) in [5.41, 5.74) is 7.22. The van der Waals surface area contributed by atoms with Crippen LogP contribution in [0.25, 0.3) is 0 Å². The lowest BCUT2D eigenvalue weighted by molar-refractivity contribution is 0.0747. The molecule has 1 saturated carbocycles. The van der Waals surface area contributed by atoms with Crippen LogP contribution in [0.4, 0.5) is 5.69 Å². The van der Waals surface area contributed by atoms with Gasteiger partial charge >= 0.3 is 0 Å². The molecule has 6 nitrogen and oxygen atoms in total. The first kappa shape index (κ1) is 15.2. The molecule has 0 saturated heterocycles. The molecule has 1 aliphatic rings. The van der Waals surface area contributed by atoms with Crippen molar-refractivity contribution in [1.29, 1.82) is 0 Å². The van der Waals surface area contributed by atoms with E-state index in [1.807, 2.05) is 48.2 Å². The van der Waals surface area contributed by atoms with Gasteiger partial charge in [0.05, 0.1) is 0 Å². The quantitative estimate of drug-likeness (QED) is 0.360. The number of rotatable bonds is 6. The van der Waals surface area contributed by atoms with Gasteiger partial charge in [-0.1, -0.05) is 5.16 Å². The van der Waals surface area contributed by atoms with E-state index in [9.17, 15) is 4.79 Å². The number of oxime groups is 1. The van der Waals surface area contributed by atoms with E-state index in [0.717, 1.165) is 18.5 Å². The van der Waals surface area contributed by atoms with Crippen molar-refractivity contribution in [1.82, 2.24) is 4.90 Å². The fraction of sp³-hybridized carbons (Fsp3) is 0.467. The zero-order valence-electron chi connectivity index (χ0n) is 12.5. The number of carbonyl (C=O) groups is 1. The van der Waals surface area contributed by atoms with E-state index >= 15 is 0 Å². The van der Waals surface area contributed by atoms with Crippen LogP contribution >= 0.6 is 0 Å². The van der Waals surface area contributed by atoms with E-state index in [2.05, 4.69) is 5.16 Å². The molecule has 0 atom stereocenters.